The Labute approximate surface area is 122 Å². The third-order valence-electron chi connectivity index (χ3n) is 3.33. The van der Waals surface area contributed by atoms with E-state index in [-0.39, 0.29) is 5.91 Å². The van der Waals surface area contributed by atoms with Gasteiger partial charge in [-0.1, -0.05) is 42.5 Å². The van der Waals surface area contributed by atoms with Crippen molar-refractivity contribution >= 4 is 22.4 Å². The highest BCUT2D eigenvalue weighted by atomic mass is 16.1. The predicted molar refractivity (Wildman–Crippen MR) is 83.1 cm³/mol. The lowest BCUT2D eigenvalue weighted by atomic mass is 10.0. The highest BCUT2D eigenvalue weighted by Gasteiger charge is 2.09. The maximum Gasteiger partial charge on any atom is 0.255 e. The fraction of sp³-hybridized carbons (Fsp3) is 0. The van der Waals surface area contributed by atoms with E-state index in [9.17, 15) is 4.79 Å². The van der Waals surface area contributed by atoms with Gasteiger partial charge in [-0.3, -0.25) is 4.79 Å². The number of nitrogens with zero attached hydrogens (tertiary/aromatic N) is 1. The van der Waals surface area contributed by atoms with Crippen LogP contribution >= 0.6 is 0 Å². The van der Waals surface area contributed by atoms with Crippen molar-refractivity contribution in [2.45, 2.75) is 0 Å². The second kappa shape index (κ2) is 5.48. The minimum atomic E-state index is -0.162. The van der Waals surface area contributed by atoms with E-state index >= 15 is 0 Å². The van der Waals surface area contributed by atoms with Crippen molar-refractivity contribution in [3.63, 3.8) is 0 Å². The standard InChI is InChI=1S/C18H12N2O/c19-12-14-8-4-10-16-15(14)9-5-11-17(16)20-18(21)13-6-2-1-3-7-13/h1-11H,(H,20,21). The minimum Gasteiger partial charge on any atom is -0.321 e. The summed E-state index contributed by atoms with van der Waals surface area (Å²) in [5, 5.41) is 13.8. The number of rotatable bonds is 2. The second-order valence-corrected chi connectivity index (χ2v) is 4.64. The number of hydrogen-bond donors (Lipinski definition) is 1. The Balaban J connectivity index is 2.02. The van der Waals surface area contributed by atoms with Gasteiger partial charge in [0.1, 0.15) is 0 Å². The molecule has 0 spiro atoms. The first kappa shape index (κ1) is 12.9. The Morgan fingerprint density at radius 3 is 2.33 bits per heavy atom. The third kappa shape index (κ3) is 2.47. The molecule has 3 rings (SSSR count). The van der Waals surface area contributed by atoms with Crippen LogP contribution in [0.1, 0.15) is 15.9 Å². The quantitative estimate of drug-likeness (QED) is 0.767. The zero-order valence-corrected chi connectivity index (χ0v) is 11.2. The van der Waals surface area contributed by atoms with Gasteiger partial charge < -0.3 is 5.32 Å². The van der Waals surface area contributed by atoms with Gasteiger partial charge in [-0.25, -0.2) is 0 Å². The van der Waals surface area contributed by atoms with Gasteiger partial charge in [-0.05, 0) is 24.3 Å². The molecule has 0 aliphatic carbocycles. The van der Waals surface area contributed by atoms with Crippen molar-refractivity contribution in [1.29, 1.82) is 5.26 Å². The molecular formula is C18H12N2O. The normalized spacial score (nSPS) is 10.0. The van der Waals surface area contributed by atoms with Crippen LogP contribution in [-0.2, 0) is 0 Å². The Kier molecular flexibility index (Phi) is 3.36. The molecule has 21 heavy (non-hydrogen) atoms. The number of carbonyl (C=O) groups excluding carboxylic acids is 1. The van der Waals surface area contributed by atoms with Crippen molar-refractivity contribution in [3.8, 4) is 6.07 Å². The van der Waals surface area contributed by atoms with Crippen LogP contribution in [0.2, 0.25) is 0 Å². The topological polar surface area (TPSA) is 52.9 Å². The van der Waals surface area contributed by atoms with Gasteiger partial charge in [0.25, 0.3) is 5.91 Å². The van der Waals surface area contributed by atoms with E-state index in [2.05, 4.69) is 11.4 Å². The Morgan fingerprint density at radius 1 is 0.857 bits per heavy atom. The number of hydrogen-bond acceptors (Lipinski definition) is 2. The molecule has 0 radical (unpaired) electrons. The van der Waals surface area contributed by atoms with Gasteiger partial charge in [0, 0.05) is 22.0 Å². The molecule has 0 aliphatic heterocycles. The molecule has 3 heteroatoms. The van der Waals surface area contributed by atoms with Crippen molar-refractivity contribution < 1.29 is 4.79 Å². The molecule has 0 unspecified atom stereocenters. The van der Waals surface area contributed by atoms with Gasteiger partial charge >= 0.3 is 0 Å². The molecule has 0 aromatic heterocycles. The van der Waals surface area contributed by atoms with Gasteiger partial charge in [0.2, 0.25) is 0 Å². The van der Waals surface area contributed by atoms with Crippen molar-refractivity contribution in [3.05, 3.63) is 77.9 Å². The number of fused-ring (bicyclic) bond motifs is 1. The van der Waals surface area contributed by atoms with Crippen molar-refractivity contribution in [2.75, 3.05) is 5.32 Å². The Hall–Kier alpha value is -3.12. The van der Waals surface area contributed by atoms with E-state index in [0.29, 0.717) is 16.8 Å². The molecule has 1 N–H and O–H groups in total. The van der Waals surface area contributed by atoms with Crippen LogP contribution in [0.3, 0.4) is 0 Å². The van der Waals surface area contributed by atoms with Crippen LogP contribution in [-0.4, -0.2) is 5.91 Å². The van der Waals surface area contributed by atoms with E-state index in [4.69, 9.17) is 5.26 Å². The molecule has 0 atom stereocenters. The summed E-state index contributed by atoms with van der Waals surface area (Å²) < 4.78 is 0. The summed E-state index contributed by atoms with van der Waals surface area (Å²) in [6, 6.07) is 22.3. The number of benzene rings is 3. The van der Waals surface area contributed by atoms with Gasteiger partial charge in [0.05, 0.1) is 11.6 Å². The smallest absolute Gasteiger partial charge is 0.255 e. The van der Waals surface area contributed by atoms with E-state index < -0.39 is 0 Å². The average molecular weight is 272 g/mol. The van der Waals surface area contributed by atoms with Crippen LogP contribution in [0.5, 0.6) is 0 Å². The molecule has 0 fully saturated rings. The molecule has 3 aromatic rings. The third-order valence-corrected chi connectivity index (χ3v) is 3.33. The molecule has 0 bridgehead atoms. The van der Waals surface area contributed by atoms with Gasteiger partial charge in [-0.2, -0.15) is 5.26 Å². The zero-order valence-electron chi connectivity index (χ0n) is 11.2. The molecule has 3 nitrogen and oxygen atoms in total. The lowest BCUT2D eigenvalue weighted by Crippen LogP contribution is -2.11. The van der Waals surface area contributed by atoms with Crippen LogP contribution in [0, 0.1) is 11.3 Å². The Bertz CT molecular complexity index is 848. The van der Waals surface area contributed by atoms with E-state index in [1.807, 2.05) is 48.5 Å². The number of anilines is 1. The number of carbonyl (C=O) groups is 1. The highest BCUT2D eigenvalue weighted by Crippen LogP contribution is 2.26. The van der Waals surface area contributed by atoms with Crippen molar-refractivity contribution in [1.82, 2.24) is 0 Å². The van der Waals surface area contributed by atoms with Gasteiger partial charge in [-0.15, -0.1) is 0 Å². The van der Waals surface area contributed by atoms with Crippen LogP contribution in [0.4, 0.5) is 5.69 Å². The lowest BCUT2D eigenvalue weighted by Gasteiger charge is -2.09. The highest BCUT2D eigenvalue weighted by molar-refractivity contribution is 6.09. The molecule has 100 valence electrons. The SMILES string of the molecule is N#Cc1cccc2c(NC(=O)c3ccccc3)cccc12. The second-order valence-electron chi connectivity index (χ2n) is 4.64. The van der Waals surface area contributed by atoms with E-state index in [1.165, 1.54) is 0 Å². The average Bonchev–Trinajstić information content (AvgIpc) is 2.55. The number of nitrogens with one attached hydrogen (secondary N) is 1. The minimum absolute atomic E-state index is 0.162. The maximum atomic E-state index is 12.2. The van der Waals surface area contributed by atoms with E-state index in [1.54, 1.807) is 18.2 Å². The summed E-state index contributed by atoms with van der Waals surface area (Å²) >= 11 is 0. The summed E-state index contributed by atoms with van der Waals surface area (Å²) in [6.45, 7) is 0. The molecular weight excluding hydrogens is 260 g/mol. The molecule has 0 saturated carbocycles. The first-order chi connectivity index (χ1) is 10.3. The monoisotopic (exact) mass is 272 g/mol. The fourth-order valence-corrected chi connectivity index (χ4v) is 2.30. The molecule has 0 saturated heterocycles. The van der Waals surface area contributed by atoms with Gasteiger partial charge in [0.15, 0.2) is 0 Å². The van der Waals surface area contributed by atoms with E-state index in [0.717, 1.165) is 10.8 Å². The summed E-state index contributed by atoms with van der Waals surface area (Å²) in [7, 11) is 0. The molecule has 0 aliphatic rings. The first-order valence-corrected chi connectivity index (χ1v) is 6.58. The molecule has 1 amide bonds. The van der Waals surface area contributed by atoms with Crippen LogP contribution < -0.4 is 5.32 Å². The maximum absolute atomic E-state index is 12.2. The van der Waals surface area contributed by atoms with Crippen LogP contribution in [0.25, 0.3) is 10.8 Å². The lowest BCUT2D eigenvalue weighted by molar-refractivity contribution is 0.102. The molecule has 3 aromatic carbocycles. The van der Waals surface area contributed by atoms with Crippen molar-refractivity contribution in [2.24, 2.45) is 0 Å². The summed E-state index contributed by atoms with van der Waals surface area (Å²) in [6.07, 6.45) is 0. The number of amides is 1. The zero-order chi connectivity index (χ0) is 14.7. The summed E-state index contributed by atoms with van der Waals surface area (Å²) in [4.78, 5) is 12.2. The number of nitriles is 1. The predicted octanol–water partition coefficient (Wildman–Crippen LogP) is 3.96. The summed E-state index contributed by atoms with van der Waals surface area (Å²) in [5.74, 6) is -0.162. The molecule has 0 heterocycles. The van der Waals surface area contributed by atoms with Crippen LogP contribution in [0.15, 0.2) is 66.7 Å². The Morgan fingerprint density at radius 2 is 1.57 bits per heavy atom. The first-order valence-electron chi connectivity index (χ1n) is 6.58. The fourth-order valence-electron chi connectivity index (χ4n) is 2.30. The summed E-state index contributed by atoms with van der Waals surface area (Å²) in [5.41, 5.74) is 1.91. The largest absolute Gasteiger partial charge is 0.321 e.